The smallest absolute Gasteiger partial charge is 0.104 e. The van der Waals surface area contributed by atoms with E-state index in [4.69, 9.17) is 11.0 Å². The number of aryl methyl sites for hydroxylation is 1. The van der Waals surface area contributed by atoms with Crippen LogP contribution in [0.2, 0.25) is 0 Å². The van der Waals surface area contributed by atoms with Gasteiger partial charge in [-0.05, 0) is 30.2 Å². The first-order chi connectivity index (χ1) is 6.65. The van der Waals surface area contributed by atoms with Crippen LogP contribution in [-0.4, -0.2) is 0 Å². The van der Waals surface area contributed by atoms with Gasteiger partial charge in [-0.1, -0.05) is 13.8 Å². The van der Waals surface area contributed by atoms with Crippen molar-refractivity contribution in [2.45, 2.75) is 32.6 Å². The molecule has 0 bridgehead atoms. The van der Waals surface area contributed by atoms with E-state index in [0.29, 0.717) is 16.8 Å². The average molecular weight is 206 g/mol. The van der Waals surface area contributed by atoms with Crippen LogP contribution in [0, 0.1) is 17.2 Å². The molecule has 3 heteroatoms. The Balaban J connectivity index is 2.58. The molecular formula is C11H14N2S. The van der Waals surface area contributed by atoms with E-state index < -0.39 is 0 Å². The van der Waals surface area contributed by atoms with Gasteiger partial charge in [0.05, 0.1) is 5.56 Å². The molecule has 1 aliphatic rings. The van der Waals surface area contributed by atoms with Crippen LogP contribution >= 0.6 is 11.3 Å². The van der Waals surface area contributed by atoms with Crippen molar-refractivity contribution in [3.63, 3.8) is 0 Å². The van der Waals surface area contributed by atoms with Gasteiger partial charge in [-0.2, -0.15) is 5.26 Å². The first kappa shape index (κ1) is 9.54. The Hall–Kier alpha value is -1.01. The van der Waals surface area contributed by atoms with Gasteiger partial charge in [0.1, 0.15) is 11.1 Å². The standard InChI is InChI=1S/C11H14N2S/c1-6-3-4-9-10(7(6)2)8(5-12)11(13)14-9/h6-7H,3-4,13H2,1-2H3/t6-,7-/m0/s1. The molecule has 0 aliphatic heterocycles. The van der Waals surface area contributed by atoms with Gasteiger partial charge in [0.25, 0.3) is 0 Å². The number of hydrogen-bond donors (Lipinski definition) is 1. The van der Waals surface area contributed by atoms with E-state index >= 15 is 0 Å². The third kappa shape index (κ3) is 1.22. The zero-order chi connectivity index (χ0) is 10.3. The van der Waals surface area contributed by atoms with Crippen LogP contribution < -0.4 is 5.73 Å². The summed E-state index contributed by atoms with van der Waals surface area (Å²) < 4.78 is 0. The fourth-order valence-electron chi connectivity index (χ4n) is 2.19. The second-order valence-electron chi connectivity index (χ2n) is 4.09. The number of nitrogens with two attached hydrogens (primary N) is 1. The van der Waals surface area contributed by atoms with Gasteiger partial charge >= 0.3 is 0 Å². The van der Waals surface area contributed by atoms with Crippen LogP contribution in [0.25, 0.3) is 0 Å². The van der Waals surface area contributed by atoms with Crippen molar-refractivity contribution in [1.82, 2.24) is 0 Å². The zero-order valence-electron chi connectivity index (χ0n) is 8.50. The molecule has 0 unspecified atom stereocenters. The highest BCUT2D eigenvalue weighted by molar-refractivity contribution is 7.16. The lowest BCUT2D eigenvalue weighted by Gasteiger charge is -2.26. The van der Waals surface area contributed by atoms with Crippen molar-refractivity contribution in [2.24, 2.45) is 5.92 Å². The number of fused-ring (bicyclic) bond motifs is 1. The molecule has 0 aromatic carbocycles. The van der Waals surface area contributed by atoms with E-state index in [1.807, 2.05) is 0 Å². The summed E-state index contributed by atoms with van der Waals surface area (Å²) in [6, 6.07) is 2.24. The maximum atomic E-state index is 9.04. The van der Waals surface area contributed by atoms with Gasteiger partial charge < -0.3 is 5.73 Å². The molecule has 1 aliphatic carbocycles. The second kappa shape index (κ2) is 3.29. The summed E-state index contributed by atoms with van der Waals surface area (Å²) in [5.41, 5.74) is 7.81. The molecule has 2 rings (SSSR count). The van der Waals surface area contributed by atoms with Crippen LogP contribution in [-0.2, 0) is 6.42 Å². The Kier molecular flexibility index (Phi) is 2.24. The van der Waals surface area contributed by atoms with Crippen LogP contribution in [0.15, 0.2) is 0 Å². The highest BCUT2D eigenvalue weighted by Gasteiger charge is 2.28. The molecule has 0 radical (unpaired) electrons. The molecule has 2 N–H and O–H groups in total. The largest absolute Gasteiger partial charge is 0.389 e. The Morgan fingerprint density at radius 1 is 1.50 bits per heavy atom. The summed E-state index contributed by atoms with van der Waals surface area (Å²) in [5.74, 6) is 1.16. The summed E-state index contributed by atoms with van der Waals surface area (Å²) >= 11 is 1.60. The Bertz CT molecular complexity index is 400. The van der Waals surface area contributed by atoms with Crippen LogP contribution in [0.4, 0.5) is 5.00 Å². The van der Waals surface area contributed by atoms with Gasteiger partial charge in [-0.3, -0.25) is 0 Å². The molecule has 0 saturated carbocycles. The highest BCUT2D eigenvalue weighted by atomic mass is 32.1. The lowest BCUT2D eigenvalue weighted by Crippen LogP contribution is -2.14. The summed E-state index contributed by atoms with van der Waals surface area (Å²) in [5, 5.41) is 9.75. The van der Waals surface area contributed by atoms with E-state index in [2.05, 4.69) is 19.9 Å². The molecule has 0 spiro atoms. The molecule has 1 aromatic rings. The molecule has 0 saturated heterocycles. The third-order valence-electron chi connectivity index (χ3n) is 3.30. The van der Waals surface area contributed by atoms with Gasteiger partial charge in [-0.25, -0.2) is 0 Å². The van der Waals surface area contributed by atoms with Crippen molar-refractivity contribution < 1.29 is 0 Å². The molecule has 1 heterocycles. The normalized spacial score (nSPS) is 25.5. The maximum Gasteiger partial charge on any atom is 0.104 e. The summed E-state index contributed by atoms with van der Waals surface area (Å²) in [4.78, 5) is 1.34. The molecule has 1 aromatic heterocycles. The fourth-order valence-corrected chi connectivity index (χ4v) is 3.33. The first-order valence-corrected chi connectivity index (χ1v) is 5.78. The molecule has 0 amide bonds. The van der Waals surface area contributed by atoms with Crippen molar-refractivity contribution >= 4 is 16.3 Å². The maximum absolute atomic E-state index is 9.04. The monoisotopic (exact) mass is 206 g/mol. The molecule has 14 heavy (non-hydrogen) atoms. The minimum absolute atomic E-state index is 0.488. The lowest BCUT2D eigenvalue weighted by atomic mass is 9.79. The number of thiophene rings is 1. The predicted molar refractivity (Wildman–Crippen MR) is 59.3 cm³/mol. The molecule has 2 nitrogen and oxygen atoms in total. The summed E-state index contributed by atoms with van der Waals surface area (Å²) in [6.45, 7) is 4.46. The Morgan fingerprint density at radius 3 is 2.86 bits per heavy atom. The quantitative estimate of drug-likeness (QED) is 0.709. The van der Waals surface area contributed by atoms with Gasteiger partial charge in [0.2, 0.25) is 0 Å². The second-order valence-corrected chi connectivity index (χ2v) is 5.23. The van der Waals surface area contributed by atoms with E-state index in [1.165, 1.54) is 16.9 Å². The Morgan fingerprint density at radius 2 is 2.21 bits per heavy atom. The van der Waals surface area contributed by atoms with E-state index in [9.17, 15) is 0 Å². The van der Waals surface area contributed by atoms with Crippen LogP contribution in [0.3, 0.4) is 0 Å². The van der Waals surface area contributed by atoms with Gasteiger partial charge in [-0.15, -0.1) is 11.3 Å². The average Bonchev–Trinajstić information content (AvgIpc) is 2.48. The number of nitrogen functional groups attached to an aromatic ring is 1. The molecule has 2 atom stereocenters. The zero-order valence-corrected chi connectivity index (χ0v) is 9.32. The van der Waals surface area contributed by atoms with Crippen molar-refractivity contribution in [2.75, 3.05) is 5.73 Å². The van der Waals surface area contributed by atoms with Gasteiger partial charge in [0, 0.05) is 4.88 Å². The van der Waals surface area contributed by atoms with Gasteiger partial charge in [0.15, 0.2) is 0 Å². The number of hydrogen-bond acceptors (Lipinski definition) is 3. The summed E-state index contributed by atoms with van der Waals surface area (Å²) in [7, 11) is 0. The first-order valence-electron chi connectivity index (χ1n) is 4.96. The topological polar surface area (TPSA) is 49.8 Å². The van der Waals surface area contributed by atoms with Crippen LogP contribution in [0.5, 0.6) is 0 Å². The number of nitrogens with zero attached hydrogens (tertiary/aromatic N) is 1. The lowest BCUT2D eigenvalue weighted by molar-refractivity contribution is 0.430. The predicted octanol–water partition coefficient (Wildman–Crippen LogP) is 2.89. The van der Waals surface area contributed by atoms with Crippen molar-refractivity contribution in [3.8, 4) is 6.07 Å². The Labute approximate surface area is 88.4 Å². The molecular weight excluding hydrogens is 192 g/mol. The van der Waals surface area contributed by atoms with Crippen molar-refractivity contribution in [1.29, 1.82) is 5.26 Å². The SMILES string of the molecule is C[C@@H]1c2c(sc(N)c2C#N)CC[C@@H]1C. The number of nitriles is 1. The van der Waals surface area contributed by atoms with E-state index in [-0.39, 0.29) is 0 Å². The molecule has 0 fully saturated rings. The highest BCUT2D eigenvalue weighted by Crippen LogP contribution is 2.43. The van der Waals surface area contributed by atoms with Crippen molar-refractivity contribution in [3.05, 3.63) is 16.0 Å². The fraction of sp³-hybridized carbons (Fsp3) is 0.545. The number of anilines is 1. The van der Waals surface area contributed by atoms with E-state index in [1.54, 1.807) is 11.3 Å². The minimum Gasteiger partial charge on any atom is -0.389 e. The number of rotatable bonds is 0. The third-order valence-corrected chi connectivity index (χ3v) is 4.39. The minimum atomic E-state index is 0.488. The molecule has 74 valence electrons. The van der Waals surface area contributed by atoms with E-state index in [0.717, 1.165) is 12.0 Å². The van der Waals surface area contributed by atoms with Crippen LogP contribution in [0.1, 0.15) is 42.2 Å². The summed E-state index contributed by atoms with van der Waals surface area (Å²) in [6.07, 6.45) is 2.32.